The minimum atomic E-state index is -0.830. The number of benzene rings is 1. The van der Waals surface area contributed by atoms with Crippen LogP contribution in [0.4, 0.5) is 8.78 Å². The molecule has 1 atom stereocenters. The number of hydrogen-bond donors (Lipinski definition) is 0. The van der Waals surface area contributed by atoms with E-state index in [9.17, 15) is 8.78 Å². The highest BCUT2D eigenvalue weighted by molar-refractivity contribution is 5.32. The maximum absolute atomic E-state index is 14.4. The Morgan fingerprint density at radius 3 is 2.04 bits per heavy atom. The monoisotopic (exact) mass is 354 g/mol. The first-order valence-electron chi connectivity index (χ1n) is 10.2. The van der Waals surface area contributed by atoms with E-state index >= 15 is 0 Å². The molecule has 25 heavy (non-hydrogen) atoms. The van der Waals surface area contributed by atoms with Gasteiger partial charge in [0.05, 0.1) is 6.61 Å². The average Bonchev–Trinajstić information content (AvgIpc) is 2.61. The predicted octanol–water partition coefficient (Wildman–Crippen LogP) is 7.78. The second kappa shape index (κ2) is 13.1. The second-order valence-electron chi connectivity index (χ2n) is 7.15. The van der Waals surface area contributed by atoms with Crippen LogP contribution in [0, 0.1) is 11.6 Å². The molecule has 0 heterocycles. The maximum atomic E-state index is 14.4. The molecule has 1 rings (SSSR count). The van der Waals surface area contributed by atoms with E-state index in [2.05, 4.69) is 13.8 Å². The summed E-state index contributed by atoms with van der Waals surface area (Å²) >= 11 is 0. The third-order valence-electron chi connectivity index (χ3n) is 4.85. The Bertz CT molecular complexity index is 473. The third kappa shape index (κ3) is 8.20. The second-order valence-corrected chi connectivity index (χ2v) is 7.15. The van der Waals surface area contributed by atoms with E-state index in [1.807, 2.05) is 6.92 Å². The normalized spacial score (nSPS) is 12.4. The molecule has 1 unspecified atom stereocenters. The van der Waals surface area contributed by atoms with E-state index < -0.39 is 11.6 Å². The first kappa shape index (κ1) is 21.9. The Morgan fingerprint density at radius 1 is 0.800 bits per heavy atom. The van der Waals surface area contributed by atoms with E-state index in [0.717, 1.165) is 25.7 Å². The van der Waals surface area contributed by atoms with Gasteiger partial charge in [0.1, 0.15) is 0 Å². The molecule has 0 N–H and O–H groups in total. The number of rotatable bonds is 14. The Hall–Kier alpha value is -1.12. The molecule has 1 aromatic carbocycles. The molecule has 0 aliphatic carbocycles. The van der Waals surface area contributed by atoms with Gasteiger partial charge in [-0.1, -0.05) is 84.6 Å². The van der Waals surface area contributed by atoms with E-state index in [4.69, 9.17) is 4.74 Å². The molecule has 0 bridgehead atoms. The summed E-state index contributed by atoms with van der Waals surface area (Å²) in [5.74, 6) is -1.47. The van der Waals surface area contributed by atoms with Crippen molar-refractivity contribution in [3.8, 4) is 5.75 Å². The van der Waals surface area contributed by atoms with Crippen molar-refractivity contribution in [1.82, 2.24) is 0 Å². The van der Waals surface area contributed by atoms with Crippen molar-refractivity contribution >= 4 is 0 Å². The van der Waals surface area contributed by atoms with Crippen LogP contribution < -0.4 is 4.74 Å². The molecular formula is C22H36F2O. The van der Waals surface area contributed by atoms with Crippen molar-refractivity contribution in [3.05, 3.63) is 29.3 Å². The molecule has 0 aromatic heterocycles. The van der Waals surface area contributed by atoms with Gasteiger partial charge in [-0.15, -0.1) is 0 Å². The zero-order chi connectivity index (χ0) is 18.5. The first-order chi connectivity index (χ1) is 12.1. The van der Waals surface area contributed by atoms with E-state index in [-0.39, 0.29) is 11.7 Å². The average molecular weight is 355 g/mol. The summed E-state index contributed by atoms with van der Waals surface area (Å²) in [5, 5.41) is 0. The number of hydrogen-bond acceptors (Lipinski definition) is 1. The van der Waals surface area contributed by atoms with Gasteiger partial charge in [-0.05, 0) is 30.4 Å². The number of ether oxygens (including phenoxy) is 1. The summed E-state index contributed by atoms with van der Waals surface area (Å²) in [6.07, 6.45) is 12.4. The van der Waals surface area contributed by atoms with Crippen LogP contribution in [0.15, 0.2) is 12.1 Å². The molecule has 0 fully saturated rings. The van der Waals surface area contributed by atoms with Gasteiger partial charge < -0.3 is 4.74 Å². The van der Waals surface area contributed by atoms with Gasteiger partial charge in [-0.25, -0.2) is 4.39 Å². The van der Waals surface area contributed by atoms with E-state index in [1.54, 1.807) is 12.1 Å². The van der Waals surface area contributed by atoms with E-state index in [0.29, 0.717) is 12.2 Å². The SMILES string of the molecule is CCCCCCCOc1ccc(C(C)CCCCCCC)c(F)c1F. The largest absolute Gasteiger partial charge is 0.490 e. The van der Waals surface area contributed by atoms with Crippen molar-refractivity contribution in [2.45, 2.75) is 97.3 Å². The maximum Gasteiger partial charge on any atom is 0.200 e. The van der Waals surface area contributed by atoms with Crippen LogP contribution >= 0.6 is 0 Å². The van der Waals surface area contributed by atoms with Crippen molar-refractivity contribution in [3.63, 3.8) is 0 Å². The van der Waals surface area contributed by atoms with Crippen LogP contribution in [-0.4, -0.2) is 6.61 Å². The highest BCUT2D eigenvalue weighted by Crippen LogP contribution is 2.30. The van der Waals surface area contributed by atoms with Crippen molar-refractivity contribution in [2.24, 2.45) is 0 Å². The van der Waals surface area contributed by atoms with Crippen LogP contribution in [-0.2, 0) is 0 Å². The minimum absolute atomic E-state index is 0.0409. The summed E-state index contributed by atoms with van der Waals surface area (Å²) < 4.78 is 34.0. The fraction of sp³-hybridized carbons (Fsp3) is 0.727. The van der Waals surface area contributed by atoms with Crippen molar-refractivity contribution < 1.29 is 13.5 Å². The molecule has 0 aliphatic rings. The summed E-state index contributed by atoms with van der Waals surface area (Å²) in [4.78, 5) is 0. The lowest BCUT2D eigenvalue weighted by Crippen LogP contribution is -2.05. The van der Waals surface area contributed by atoms with Crippen LogP contribution in [0.5, 0.6) is 5.75 Å². The van der Waals surface area contributed by atoms with Gasteiger partial charge in [-0.3, -0.25) is 0 Å². The van der Waals surface area contributed by atoms with Crippen LogP contribution in [0.1, 0.15) is 103 Å². The van der Waals surface area contributed by atoms with Gasteiger partial charge in [-0.2, -0.15) is 4.39 Å². The molecule has 0 saturated heterocycles. The van der Waals surface area contributed by atoms with Crippen LogP contribution in [0.3, 0.4) is 0 Å². The molecule has 3 heteroatoms. The summed E-state index contributed by atoms with van der Waals surface area (Å²) in [6, 6.07) is 3.29. The van der Waals surface area contributed by atoms with Crippen LogP contribution in [0.25, 0.3) is 0 Å². The van der Waals surface area contributed by atoms with E-state index in [1.165, 1.54) is 44.9 Å². The summed E-state index contributed by atoms with van der Waals surface area (Å²) in [7, 11) is 0. The molecule has 1 nitrogen and oxygen atoms in total. The fourth-order valence-electron chi connectivity index (χ4n) is 3.14. The zero-order valence-electron chi connectivity index (χ0n) is 16.4. The molecule has 0 saturated carbocycles. The Kier molecular flexibility index (Phi) is 11.5. The Morgan fingerprint density at radius 2 is 1.40 bits per heavy atom. The van der Waals surface area contributed by atoms with Crippen LogP contribution in [0.2, 0.25) is 0 Å². The highest BCUT2D eigenvalue weighted by atomic mass is 19.2. The zero-order valence-corrected chi connectivity index (χ0v) is 16.4. The molecule has 0 aliphatic heterocycles. The standard InChI is InChI=1S/C22H36F2O/c1-4-6-8-10-12-14-18(3)19-15-16-20(22(24)21(19)23)25-17-13-11-9-7-5-2/h15-16,18H,4-14,17H2,1-3H3. The van der Waals surface area contributed by atoms with Gasteiger partial charge in [0.25, 0.3) is 0 Å². The lowest BCUT2D eigenvalue weighted by atomic mass is 9.94. The molecule has 0 spiro atoms. The quantitative estimate of drug-likeness (QED) is 0.310. The lowest BCUT2D eigenvalue weighted by molar-refractivity contribution is 0.284. The minimum Gasteiger partial charge on any atom is -0.490 e. The Balaban J connectivity index is 2.46. The van der Waals surface area contributed by atoms with Gasteiger partial charge in [0, 0.05) is 0 Å². The number of halogens is 2. The first-order valence-corrected chi connectivity index (χ1v) is 10.2. The van der Waals surface area contributed by atoms with Gasteiger partial charge in [0.15, 0.2) is 11.6 Å². The fourth-order valence-corrected chi connectivity index (χ4v) is 3.14. The molecular weight excluding hydrogens is 318 g/mol. The highest BCUT2D eigenvalue weighted by Gasteiger charge is 2.18. The predicted molar refractivity (Wildman–Crippen MR) is 102 cm³/mol. The topological polar surface area (TPSA) is 9.23 Å². The Labute approximate surface area is 153 Å². The molecule has 1 aromatic rings. The smallest absolute Gasteiger partial charge is 0.200 e. The summed E-state index contributed by atoms with van der Waals surface area (Å²) in [6.45, 7) is 6.79. The lowest BCUT2D eigenvalue weighted by Gasteiger charge is -2.15. The molecule has 0 amide bonds. The summed E-state index contributed by atoms with van der Waals surface area (Å²) in [5.41, 5.74) is 0.475. The van der Waals surface area contributed by atoms with Gasteiger partial charge in [0.2, 0.25) is 5.82 Å². The van der Waals surface area contributed by atoms with Crippen molar-refractivity contribution in [1.29, 1.82) is 0 Å². The van der Waals surface area contributed by atoms with Crippen molar-refractivity contribution in [2.75, 3.05) is 6.61 Å². The molecule has 0 radical (unpaired) electrons. The third-order valence-corrected chi connectivity index (χ3v) is 4.85. The van der Waals surface area contributed by atoms with Gasteiger partial charge >= 0.3 is 0 Å². The molecule has 144 valence electrons. The number of unbranched alkanes of at least 4 members (excludes halogenated alkanes) is 8.